The first-order valence-electron chi connectivity index (χ1n) is 10.7. The molecule has 1 atom stereocenters. The highest BCUT2D eigenvalue weighted by Gasteiger charge is 2.28. The summed E-state index contributed by atoms with van der Waals surface area (Å²) in [5, 5.41) is 3.59. The van der Waals surface area contributed by atoms with Gasteiger partial charge in [0.2, 0.25) is 0 Å². The molecule has 1 aliphatic carbocycles. The lowest BCUT2D eigenvalue weighted by molar-refractivity contribution is -0.153. The molecule has 0 bridgehead atoms. The number of nitrogens with one attached hydrogen (secondary N) is 1. The summed E-state index contributed by atoms with van der Waals surface area (Å²) in [7, 11) is 1.60. The number of carbonyl (C=O) groups is 3. The predicted octanol–water partition coefficient (Wildman–Crippen LogP) is 2.09. The van der Waals surface area contributed by atoms with Gasteiger partial charge in [-0.25, -0.2) is 4.98 Å². The number of hydrogen-bond donors (Lipinski definition) is 2. The number of primary amides is 1. The molecular formula is C23H24N4O5S. The number of rotatable bonds is 7. The molecule has 2 heterocycles. The van der Waals surface area contributed by atoms with Gasteiger partial charge in [-0.1, -0.05) is 12.1 Å². The molecule has 9 nitrogen and oxygen atoms in total. The highest BCUT2D eigenvalue weighted by Crippen LogP contribution is 2.38. The van der Waals surface area contributed by atoms with Crippen LogP contribution in [0.2, 0.25) is 0 Å². The van der Waals surface area contributed by atoms with Crippen LogP contribution in [0.3, 0.4) is 0 Å². The summed E-state index contributed by atoms with van der Waals surface area (Å²) in [4.78, 5) is 54.8. The second-order valence-electron chi connectivity index (χ2n) is 7.96. The van der Waals surface area contributed by atoms with E-state index in [0.29, 0.717) is 27.3 Å². The van der Waals surface area contributed by atoms with Gasteiger partial charge in [-0.15, -0.1) is 11.3 Å². The number of hydrogen-bond acceptors (Lipinski definition) is 7. The maximum Gasteiger partial charge on any atom is 0.307 e. The number of fused-ring (bicyclic) bond motifs is 2. The monoisotopic (exact) mass is 468 g/mol. The first-order valence-corrected chi connectivity index (χ1v) is 11.5. The molecule has 172 valence electrons. The minimum Gasteiger partial charge on any atom is -0.453 e. The van der Waals surface area contributed by atoms with E-state index in [1.54, 1.807) is 31.3 Å². The number of aryl methyl sites for hydroxylation is 2. The van der Waals surface area contributed by atoms with E-state index in [0.717, 1.165) is 29.7 Å². The molecule has 1 unspecified atom stereocenters. The zero-order chi connectivity index (χ0) is 23.7. The maximum atomic E-state index is 12.6. The fourth-order valence-electron chi connectivity index (χ4n) is 3.98. The summed E-state index contributed by atoms with van der Waals surface area (Å²) >= 11 is 1.34. The molecule has 0 saturated carbocycles. The smallest absolute Gasteiger partial charge is 0.307 e. The number of nitrogens with zero attached hydrogens (tertiary/aromatic N) is 2. The van der Waals surface area contributed by atoms with E-state index in [2.05, 4.69) is 10.3 Å². The van der Waals surface area contributed by atoms with Crippen LogP contribution in [-0.4, -0.2) is 33.4 Å². The lowest BCUT2D eigenvalue weighted by Gasteiger charge is -2.14. The zero-order valence-electron chi connectivity index (χ0n) is 18.3. The lowest BCUT2D eigenvalue weighted by atomic mass is 10.1. The van der Waals surface area contributed by atoms with Crippen LogP contribution < -0.4 is 16.6 Å². The maximum absolute atomic E-state index is 12.6. The van der Waals surface area contributed by atoms with Gasteiger partial charge in [-0.2, -0.15) is 0 Å². The third-order valence-electron chi connectivity index (χ3n) is 5.71. The lowest BCUT2D eigenvalue weighted by Crippen LogP contribution is -2.31. The number of anilines is 1. The summed E-state index contributed by atoms with van der Waals surface area (Å²) in [5.74, 6) is -1.26. The van der Waals surface area contributed by atoms with Crippen LogP contribution in [0, 0.1) is 0 Å². The van der Waals surface area contributed by atoms with E-state index in [9.17, 15) is 19.2 Å². The Morgan fingerprint density at radius 2 is 2.03 bits per heavy atom. The first-order chi connectivity index (χ1) is 15.8. The molecule has 0 radical (unpaired) electrons. The number of esters is 1. The Labute approximate surface area is 193 Å². The number of ether oxygens (including phenoxy) is 1. The average molecular weight is 469 g/mol. The molecule has 10 heteroatoms. The van der Waals surface area contributed by atoms with Crippen LogP contribution in [0.4, 0.5) is 5.00 Å². The summed E-state index contributed by atoms with van der Waals surface area (Å²) in [6.07, 6.45) is 1.65. The van der Waals surface area contributed by atoms with Crippen molar-refractivity contribution in [2.24, 2.45) is 12.8 Å². The first kappa shape index (κ1) is 22.7. The van der Waals surface area contributed by atoms with Crippen molar-refractivity contribution in [2.75, 3.05) is 5.32 Å². The van der Waals surface area contributed by atoms with Gasteiger partial charge < -0.3 is 15.8 Å². The van der Waals surface area contributed by atoms with Crippen LogP contribution in [0.1, 0.15) is 46.4 Å². The zero-order valence-corrected chi connectivity index (χ0v) is 19.2. The number of aromatic nitrogens is 2. The topological polar surface area (TPSA) is 133 Å². The van der Waals surface area contributed by atoms with Crippen molar-refractivity contribution in [1.82, 2.24) is 9.55 Å². The molecule has 4 rings (SSSR count). The molecule has 0 spiro atoms. The molecule has 2 amide bonds. The van der Waals surface area contributed by atoms with Crippen molar-refractivity contribution in [3.8, 4) is 0 Å². The SMILES string of the molecule is CC(OC(=O)CCc1nc2ccccc2c(=O)n1C)C(=O)Nc1sc2c(c1C(N)=O)CCC2. The van der Waals surface area contributed by atoms with Gasteiger partial charge >= 0.3 is 5.97 Å². The summed E-state index contributed by atoms with van der Waals surface area (Å²) in [6.45, 7) is 1.46. The van der Waals surface area contributed by atoms with Crippen molar-refractivity contribution >= 4 is 45.0 Å². The Bertz CT molecular complexity index is 1330. The fourth-order valence-corrected chi connectivity index (χ4v) is 5.28. The number of para-hydroxylation sites is 1. The molecule has 1 aromatic carbocycles. The summed E-state index contributed by atoms with van der Waals surface area (Å²) < 4.78 is 6.67. The highest BCUT2D eigenvalue weighted by molar-refractivity contribution is 7.17. The van der Waals surface area contributed by atoms with Crippen LogP contribution in [0.25, 0.3) is 10.9 Å². The van der Waals surface area contributed by atoms with Gasteiger partial charge in [0.25, 0.3) is 17.4 Å². The minimum atomic E-state index is -1.07. The van der Waals surface area contributed by atoms with E-state index in [1.807, 2.05) is 0 Å². The fraction of sp³-hybridized carbons (Fsp3) is 0.348. The molecule has 0 fully saturated rings. The Kier molecular flexibility index (Phi) is 6.28. The molecule has 33 heavy (non-hydrogen) atoms. The number of carbonyl (C=O) groups excluding carboxylic acids is 3. The van der Waals surface area contributed by atoms with Crippen molar-refractivity contribution in [2.45, 2.75) is 45.1 Å². The Morgan fingerprint density at radius 3 is 2.79 bits per heavy atom. The normalized spacial score (nSPS) is 13.5. The summed E-state index contributed by atoms with van der Waals surface area (Å²) in [6, 6.07) is 7.00. The van der Waals surface area contributed by atoms with E-state index >= 15 is 0 Å². The van der Waals surface area contributed by atoms with Gasteiger partial charge in [0, 0.05) is 18.3 Å². The minimum absolute atomic E-state index is 0.0456. The second kappa shape index (κ2) is 9.14. The van der Waals surface area contributed by atoms with E-state index in [-0.39, 0.29) is 18.4 Å². The van der Waals surface area contributed by atoms with Gasteiger partial charge in [0.15, 0.2) is 6.10 Å². The molecule has 3 N–H and O–H groups in total. The van der Waals surface area contributed by atoms with Gasteiger partial charge in [-0.3, -0.25) is 23.7 Å². The molecular weight excluding hydrogens is 444 g/mol. The standard InChI is InChI=1S/C23H24N4O5S/c1-12(21(30)26-22-19(20(24)29)14-7-5-9-16(14)33-22)32-18(28)11-10-17-25-15-8-4-3-6-13(15)23(31)27(17)2/h3-4,6,8,12H,5,7,9-11H2,1-2H3,(H2,24,29)(H,26,30). The quantitative estimate of drug-likeness (QED) is 0.510. The Morgan fingerprint density at radius 1 is 1.27 bits per heavy atom. The van der Waals surface area contributed by atoms with Crippen LogP contribution in [0.5, 0.6) is 0 Å². The van der Waals surface area contributed by atoms with Gasteiger partial charge in [0.1, 0.15) is 10.8 Å². The average Bonchev–Trinajstić information content (AvgIpc) is 3.35. The molecule has 1 aliphatic rings. The number of thiophene rings is 1. The summed E-state index contributed by atoms with van der Waals surface area (Å²) in [5.41, 5.74) is 7.14. The molecule has 3 aromatic rings. The highest BCUT2D eigenvalue weighted by atomic mass is 32.1. The van der Waals surface area contributed by atoms with E-state index < -0.39 is 23.9 Å². The van der Waals surface area contributed by atoms with Gasteiger partial charge in [-0.05, 0) is 43.9 Å². The molecule has 0 saturated heterocycles. The predicted molar refractivity (Wildman–Crippen MR) is 124 cm³/mol. The van der Waals surface area contributed by atoms with Crippen molar-refractivity contribution < 1.29 is 19.1 Å². The largest absolute Gasteiger partial charge is 0.453 e. The van der Waals surface area contributed by atoms with E-state index in [1.165, 1.54) is 22.8 Å². The van der Waals surface area contributed by atoms with Crippen LogP contribution in [0.15, 0.2) is 29.1 Å². The van der Waals surface area contributed by atoms with Crippen LogP contribution >= 0.6 is 11.3 Å². The van der Waals surface area contributed by atoms with Crippen molar-refractivity contribution in [3.63, 3.8) is 0 Å². The van der Waals surface area contributed by atoms with Crippen LogP contribution in [-0.2, 0) is 40.6 Å². The number of amides is 2. The Balaban J connectivity index is 1.38. The van der Waals surface area contributed by atoms with Crippen molar-refractivity contribution in [1.29, 1.82) is 0 Å². The van der Waals surface area contributed by atoms with Crippen molar-refractivity contribution in [3.05, 3.63) is 56.4 Å². The number of benzene rings is 1. The molecule has 0 aliphatic heterocycles. The Hall–Kier alpha value is -3.53. The third kappa shape index (κ3) is 4.51. The van der Waals surface area contributed by atoms with E-state index in [4.69, 9.17) is 10.5 Å². The van der Waals surface area contributed by atoms with Gasteiger partial charge in [0.05, 0.1) is 22.9 Å². The second-order valence-corrected chi connectivity index (χ2v) is 9.06. The molecule has 2 aromatic heterocycles. The number of nitrogens with two attached hydrogens (primary N) is 1. The third-order valence-corrected chi connectivity index (χ3v) is 6.92.